The van der Waals surface area contributed by atoms with Crippen LogP contribution in [-0.4, -0.2) is 18.6 Å². The molecule has 0 aromatic heterocycles. The Bertz CT molecular complexity index is 374. The van der Waals surface area contributed by atoms with E-state index in [0.29, 0.717) is 18.1 Å². The summed E-state index contributed by atoms with van der Waals surface area (Å²) < 4.78 is 5.37. The van der Waals surface area contributed by atoms with Gasteiger partial charge >= 0.3 is 0 Å². The van der Waals surface area contributed by atoms with E-state index in [4.69, 9.17) is 4.74 Å². The zero-order chi connectivity index (χ0) is 12.8. The predicted octanol–water partition coefficient (Wildman–Crippen LogP) is 2.86. The minimum Gasteiger partial charge on any atom is -0.494 e. The zero-order valence-electron chi connectivity index (χ0n) is 11.0. The van der Waals surface area contributed by atoms with E-state index >= 15 is 0 Å². The van der Waals surface area contributed by atoms with Gasteiger partial charge < -0.3 is 10.1 Å². The second kappa shape index (κ2) is 6.28. The van der Waals surface area contributed by atoms with Gasteiger partial charge in [-0.25, -0.2) is 0 Å². The first-order valence-corrected chi connectivity index (χ1v) is 6.08. The molecule has 3 nitrogen and oxygen atoms in total. The van der Waals surface area contributed by atoms with Gasteiger partial charge in [-0.2, -0.15) is 0 Å². The second-order valence-electron chi connectivity index (χ2n) is 4.47. The molecule has 0 aliphatic carbocycles. The number of hydrogen-bond donors (Lipinski definition) is 1. The molecule has 3 heteroatoms. The lowest BCUT2D eigenvalue weighted by Crippen LogP contribution is -2.36. The smallest absolute Gasteiger partial charge is 0.251 e. The van der Waals surface area contributed by atoms with E-state index in [1.165, 1.54) is 0 Å². The quantitative estimate of drug-likeness (QED) is 0.852. The molecule has 1 aromatic rings. The summed E-state index contributed by atoms with van der Waals surface area (Å²) in [5.74, 6) is 1.11. The fourth-order valence-corrected chi connectivity index (χ4v) is 1.35. The maximum Gasteiger partial charge on any atom is 0.251 e. The summed E-state index contributed by atoms with van der Waals surface area (Å²) in [6.45, 7) is 8.71. The van der Waals surface area contributed by atoms with Gasteiger partial charge in [-0.3, -0.25) is 4.79 Å². The van der Waals surface area contributed by atoms with Gasteiger partial charge in [0.15, 0.2) is 0 Å². The van der Waals surface area contributed by atoms with Crippen molar-refractivity contribution in [3.05, 3.63) is 29.8 Å². The van der Waals surface area contributed by atoms with Crippen LogP contribution < -0.4 is 10.1 Å². The topological polar surface area (TPSA) is 38.3 Å². The van der Waals surface area contributed by atoms with Crippen molar-refractivity contribution >= 4 is 5.91 Å². The van der Waals surface area contributed by atoms with E-state index in [9.17, 15) is 4.79 Å². The second-order valence-corrected chi connectivity index (χ2v) is 4.47. The van der Waals surface area contributed by atoms with E-state index in [2.05, 4.69) is 19.2 Å². The molecule has 1 aromatic carbocycles. The normalized spacial score (nSPS) is 12.3. The van der Waals surface area contributed by atoms with E-state index in [0.717, 1.165) is 5.75 Å². The minimum atomic E-state index is -0.0484. The van der Waals surface area contributed by atoms with Crippen LogP contribution >= 0.6 is 0 Å². The van der Waals surface area contributed by atoms with Crippen molar-refractivity contribution in [3.63, 3.8) is 0 Å². The molecule has 0 aliphatic heterocycles. The first kappa shape index (κ1) is 13.6. The Morgan fingerprint density at radius 3 is 2.65 bits per heavy atom. The molecule has 17 heavy (non-hydrogen) atoms. The molecule has 0 radical (unpaired) electrons. The lowest BCUT2D eigenvalue weighted by atomic mass is 10.1. The predicted molar refractivity (Wildman–Crippen MR) is 69.4 cm³/mol. The third kappa shape index (κ3) is 4.10. The highest BCUT2D eigenvalue weighted by atomic mass is 16.5. The number of ether oxygens (including phenoxy) is 1. The molecule has 94 valence electrons. The van der Waals surface area contributed by atoms with Crippen molar-refractivity contribution in [2.24, 2.45) is 5.92 Å². The minimum absolute atomic E-state index is 0.0484. The molecule has 1 atom stereocenters. The summed E-state index contributed by atoms with van der Waals surface area (Å²) in [6, 6.07) is 7.42. The summed E-state index contributed by atoms with van der Waals surface area (Å²) in [6.07, 6.45) is 0. The largest absolute Gasteiger partial charge is 0.494 e. The Hall–Kier alpha value is -1.51. The number of amides is 1. The fraction of sp³-hybridized carbons (Fsp3) is 0.500. The maximum atomic E-state index is 11.9. The first-order valence-electron chi connectivity index (χ1n) is 6.08. The van der Waals surface area contributed by atoms with Crippen LogP contribution in [0.5, 0.6) is 5.75 Å². The van der Waals surface area contributed by atoms with Crippen molar-refractivity contribution in [1.29, 1.82) is 0 Å². The molecule has 1 rings (SSSR count). The molecular formula is C14H21NO2. The maximum absolute atomic E-state index is 11.9. The number of rotatable bonds is 5. The summed E-state index contributed by atoms with van der Waals surface area (Å²) in [7, 11) is 0. The number of carbonyl (C=O) groups excluding carboxylic acids is 1. The van der Waals surface area contributed by atoms with Crippen molar-refractivity contribution in [1.82, 2.24) is 5.32 Å². The molecule has 1 N–H and O–H groups in total. The van der Waals surface area contributed by atoms with Crippen molar-refractivity contribution < 1.29 is 9.53 Å². The van der Waals surface area contributed by atoms with Gasteiger partial charge in [-0.1, -0.05) is 19.9 Å². The molecule has 0 saturated carbocycles. The molecule has 0 bridgehead atoms. The molecule has 0 unspecified atom stereocenters. The molecule has 0 aliphatic rings. The molecule has 1 amide bonds. The van der Waals surface area contributed by atoms with Crippen LogP contribution in [0.15, 0.2) is 24.3 Å². The van der Waals surface area contributed by atoms with Crippen molar-refractivity contribution in [3.8, 4) is 5.75 Å². The lowest BCUT2D eigenvalue weighted by molar-refractivity contribution is 0.0930. The SMILES string of the molecule is CCOc1cccc(C(=O)N[C@H](C)C(C)C)c1. The summed E-state index contributed by atoms with van der Waals surface area (Å²) >= 11 is 0. The third-order valence-electron chi connectivity index (χ3n) is 2.77. The summed E-state index contributed by atoms with van der Waals surface area (Å²) in [5.41, 5.74) is 0.642. The molecule has 0 fully saturated rings. The van der Waals surface area contributed by atoms with Crippen LogP contribution in [0.4, 0.5) is 0 Å². The van der Waals surface area contributed by atoms with Gasteiger partial charge in [0, 0.05) is 11.6 Å². The molecular weight excluding hydrogens is 214 g/mol. The number of nitrogens with one attached hydrogen (secondary N) is 1. The number of hydrogen-bond acceptors (Lipinski definition) is 2. The standard InChI is InChI=1S/C14H21NO2/c1-5-17-13-8-6-7-12(9-13)14(16)15-11(4)10(2)3/h6-11H,5H2,1-4H3,(H,15,16)/t11-/m1/s1. The highest BCUT2D eigenvalue weighted by molar-refractivity contribution is 5.94. The van der Waals surface area contributed by atoms with Crippen LogP contribution in [0.1, 0.15) is 38.1 Å². The van der Waals surface area contributed by atoms with Gasteiger partial charge in [-0.15, -0.1) is 0 Å². The Morgan fingerprint density at radius 2 is 2.06 bits per heavy atom. The molecule has 0 heterocycles. The van der Waals surface area contributed by atoms with E-state index < -0.39 is 0 Å². The van der Waals surface area contributed by atoms with Crippen LogP contribution in [0.2, 0.25) is 0 Å². The Balaban J connectivity index is 2.71. The highest BCUT2D eigenvalue weighted by Crippen LogP contribution is 2.13. The highest BCUT2D eigenvalue weighted by Gasteiger charge is 2.12. The number of benzene rings is 1. The summed E-state index contributed by atoms with van der Waals surface area (Å²) in [4.78, 5) is 11.9. The average Bonchev–Trinajstić information content (AvgIpc) is 2.29. The van der Waals surface area contributed by atoms with Crippen LogP contribution in [0.25, 0.3) is 0 Å². The van der Waals surface area contributed by atoms with Gasteiger partial charge in [0.2, 0.25) is 0 Å². The molecule has 0 spiro atoms. The van der Waals surface area contributed by atoms with E-state index in [1.54, 1.807) is 12.1 Å². The first-order chi connectivity index (χ1) is 8.04. The average molecular weight is 235 g/mol. The van der Waals surface area contributed by atoms with Gasteiger partial charge in [0.25, 0.3) is 5.91 Å². The Kier molecular flexibility index (Phi) is 5.01. The van der Waals surface area contributed by atoms with Crippen molar-refractivity contribution in [2.75, 3.05) is 6.61 Å². The van der Waals surface area contributed by atoms with Gasteiger partial charge in [0.1, 0.15) is 5.75 Å². The van der Waals surface area contributed by atoms with E-state index in [1.807, 2.05) is 26.0 Å². The van der Waals surface area contributed by atoms with Crippen LogP contribution in [0.3, 0.4) is 0 Å². The van der Waals surface area contributed by atoms with Crippen LogP contribution in [-0.2, 0) is 0 Å². The van der Waals surface area contributed by atoms with Crippen LogP contribution in [0, 0.1) is 5.92 Å². The summed E-state index contributed by atoms with van der Waals surface area (Å²) in [5, 5.41) is 2.97. The lowest BCUT2D eigenvalue weighted by Gasteiger charge is -2.17. The van der Waals surface area contributed by atoms with E-state index in [-0.39, 0.29) is 11.9 Å². The Labute approximate surface area is 103 Å². The van der Waals surface area contributed by atoms with Gasteiger partial charge in [-0.05, 0) is 38.0 Å². The molecule has 0 saturated heterocycles. The monoisotopic (exact) mass is 235 g/mol. The van der Waals surface area contributed by atoms with Gasteiger partial charge in [0.05, 0.1) is 6.61 Å². The zero-order valence-corrected chi connectivity index (χ0v) is 11.0. The Morgan fingerprint density at radius 1 is 1.35 bits per heavy atom. The van der Waals surface area contributed by atoms with Crippen molar-refractivity contribution in [2.45, 2.75) is 33.7 Å². The number of carbonyl (C=O) groups is 1. The fourth-order valence-electron chi connectivity index (χ4n) is 1.35. The third-order valence-corrected chi connectivity index (χ3v) is 2.77.